The quantitative estimate of drug-likeness (QED) is 0.143. The number of carbonyl (C=O) groups excluding carboxylic acids is 3. The van der Waals surface area contributed by atoms with Gasteiger partial charge in [-0.1, -0.05) is 103 Å². The van der Waals surface area contributed by atoms with Crippen LogP contribution in [0.3, 0.4) is 0 Å². The Labute approximate surface area is 296 Å². The number of nitrogens with two attached hydrogens (primary N) is 1. The van der Waals surface area contributed by atoms with Crippen LogP contribution in [0.15, 0.2) is 121 Å². The minimum atomic E-state index is -0.919. The van der Waals surface area contributed by atoms with Crippen molar-refractivity contribution in [1.29, 1.82) is 0 Å². The number of hydrogen-bond acceptors (Lipinski definition) is 4. The Balaban J connectivity index is 1.63. The second-order valence-corrected chi connectivity index (χ2v) is 13.7. The minimum absolute atomic E-state index is 0.167. The highest BCUT2D eigenvalue weighted by atomic mass is 19.1. The normalized spacial score (nSPS) is 12.9. The van der Waals surface area contributed by atoms with Crippen molar-refractivity contribution < 1.29 is 18.8 Å². The van der Waals surface area contributed by atoms with Gasteiger partial charge in [0.1, 0.15) is 17.9 Å². The summed E-state index contributed by atoms with van der Waals surface area (Å²) in [6, 6.07) is 31.8. The summed E-state index contributed by atoms with van der Waals surface area (Å²) in [5.74, 6) is -1.44. The summed E-state index contributed by atoms with van der Waals surface area (Å²) in [4.78, 5) is 44.9. The van der Waals surface area contributed by atoms with E-state index >= 15 is 0 Å². The van der Waals surface area contributed by atoms with E-state index in [9.17, 15) is 18.8 Å². The molecule has 0 fully saturated rings. The third-order valence-electron chi connectivity index (χ3n) is 8.71. The molecule has 0 unspecified atom stereocenters. The molecule has 3 N–H and O–H groups in total. The molecular formula is C42H49FN4O3. The van der Waals surface area contributed by atoms with Gasteiger partial charge >= 0.3 is 0 Å². The van der Waals surface area contributed by atoms with Gasteiger partial charge < -0.3 is 20.9 Å². The fraction of sp³-hybridized carbons (Fsp3) is 0.310. The molecule has 262 valence electrons. The molecule has 4 aromatic carbocycles. The molecular weight excluding hydrogens is 627 g/mol. The Morgan fingerprint density at radius 3 is 1.84 bits per heavy atom. The molecule has 0 bridgehead atoms. The van der Waals surface area contributed by atoms with Crippen molar-refractivity contribution >= 4 is 17.7 Å². The molecule has 0 heterocycles. The first kappa shape index (κ1) is 37.7. The zero-order valence-corrected chi connectivity index (χ0v) is 29.7. The molecule has 8 heteroatoms. The summed E-state index contributed by atoms with van der Waals surface area (Å²) in [6.45, 7) is 6.02. The van der Waals surface area contributed by atoms with Crippen LogP contribution in [0.2, 0.25) is 0 Å². The monoisotopic (exact) mass is 676 g/mol. The van der Waals surface area contributed by atoms with E-state index in [-0.39, 0.29) is 36.4 Å². The number of amides is 3. The van der Waals surface area contributed by atoms with Gasteiger partial charge in [-0.2, -0.15) is 0 Å². The third kappa shape index (κ3) is 11.2. The van der Waals surface area contributed by atoms with Gasteiger partial charge in [0.25, 0.3) is 0 Å². The molecule has 0 aliphatic rings. The van der Waals surface area contributed by atoms with Crippen molar-refractivity contribution in [2.24, 2.45) is 5.73 Å². The molecule has 0 saturated heterocycles. The minimum Gasteiger partial charge on any atom is -0.354 e. The highest BCUT2D eigenvalue weighted by molar-refractivity contribution is 5.95. The Bertz CT molecular complexity index is 1730. The molecule has 2 atom stereocenters. The number of rotatable bonds is 15. The van der Waals surface area contributed by atoms with Gasteiger partial charge in [0.05, 0.1) is 0 Å². The lowest BCUT2D eigenvalue weighted by molar-refractivity contribution is -0.146. The first-order valence-electron chi connectivity index (χ1n) is 17.0. The maximum atomic E-state index is 14.5. The number of nitrogens with zero attached hydrogens (tertiary/aromatic N) is 2. The largest absolute Gasteiger partial charge is 0.354 e. The van der Waals surface area contributed by atoms with Crippen LogP contribution in [0.1, 0.15) is 43.9 Å². The summed E-state index contributed by atoms with van der Waals surface area (Å²) in [5.41, 5.74) is 11.3. The number of likely N-dealkylation sites (N-methyl/N-ethyl adjacent to an activating group) is 2. The van der Waals surface area contributed by atoms with Crippen molar-refractivity contribution in [2.75, 3.05) is 20.6 Å². The summed E-state index contributed by atoms with van der Waals surface area (Å²) < 4.78 is 13.8. The highest BCUT2D eigenvalue weighted by Crippen LogP contribution is 2.22. The van der Waals surface area contributed by atoms with Gasteiger partial charge in [-0.05, 0) is 73.6 Å². The van der Waals surface area contributed by atoms with Gasteiger partial charge in [0.15, 0.2) is 0 Å². The fourth-order valence-electron chi connectivity index (χ4n) is 6.04. The molecule has 7 nitrogen and oxygen atoms in total. The lowest BCUT2D eigenvalue weighted by Gasteiger charge is -2.34. The summed E-state index contributed by atoms with van der Waals surface area (Å²) in [7, 11) is 3.21. The van der Waals surface area contributed by atoms with E-state index in [0.29, 0.717) is 24.9 Å². The summed E-state index contributed by atoms with van der Waals surface area (Å²) >= 11 is 0. The molecule has 4 aromatic rings. The van der Waals surface area contributed by atoms with Crippen molar-refractivity contribution in [3.63, 3.8) is 0 Å². The third-order valence-corrected chi connectivity index (χ3v) is 8.71. The molecule has 0 aromatic heterocycles. The van der Waals surface area contributed by atoms with Gasteiger partial charge in [0, 0.05) is 45.1 Å². The van der Waals surface area contributed by atoms with Gasteiger partial charge in [-0.25, -0.2) is 4.39 Å². The van der Waals surface area contributed by atoms with Crippen LogP contribution in [-0.4, -0.2) is 65.8 Å². The van der Waals surface area contributed by atoms with Crippen molar-refractivity contribution in [3.05, 3.63) is 143 Å². The number of nitrogens with one attached hydrogen (secondary N) is 1. The van der Waals surface area contributed by atoms with Crippen LogP contribution in [0.4, 0.5) is 4.39 Å². The highest BCUT2D eigenvalue weighted by Gasteiger charge is 2.35. The second-order valence-electron chi connectivity index (χ2n) is 13.7. The van der Waals surface area contributed by atoms with Gasteiger partial charge in [-0.15, -0.1) is 0 Å². The number of benzene rings is 4. The summed E-state index contributed by atoms with van der Waals surface area (Å²) in [6.07, 6.45) is 3.06. The average molecular weight is 677 g/mol. The average Bonchev–Trinajstić information content (AvgIpc) is 3.09. The first-order valence-corrected chi connectivity index (χ1v) is 17.0. The Morgan fingerprint density at radius 1 is 0.740 bits per heavy atom. The van der Waals surface area contributed by atoms with Crippen LogP contribution in [0, 0.1) is 5.82 Å². The second kappa shape index (κ2) is 17.5. The Hall–Kier alpha value is -5.08. The van der Waals surface area contributed by atoms with Gasteiger partial charge in [0.2, 0.25) is 17.7 Å². The van der Waals surface area contributed by atoms with E-state index in [1.54, 1.807) is 26.2 Å². The maximum Gasteiger partial charge on any atom is 0.246 e. The topological polar surface area (TPSA) is 95.7 Å². The molecule has 4 rings (SSSR count). The predicted molar refractivity (Wildman–Crippen MR) is 199 cm³/mol. The smallest absolute Gasteiger partial charge is 0.246 e. The predicted octanol–water partition coefficient (Wildman–Crippen LogP) is 6.36. The van der Waals surface area contributed by atoms with E-state index < -0.39 is 17.6 Å². The van der Waals surface area contributed by atoms with Crippen molar-refractivity contribution in [2.45, 2.75) is 64.1 Å². The molecule has 3 amide bonds. The number of carbonyl (C=O) groups is 3. The molecule has 50 heavy (non-hydrogen) atoms. The fourth-order valence-corrected chi connectivity index (χ4v) is 6.04. The van der Waals surface area contributed by atoms with Crippen LogP contribution in [0.5, 0.6) is 0 Å². The van der Waals surface area contributed by atoms with Crippen molar-refractivity contribution in [3.8, 4) is 11.1 Å². The van der Waals surface area contributed by atoms with E-state index in [1.807, 2.05) is 106 Å². The lowest BCUT2D eigenvalue weighted by Crippen LogP contribution is -2.56. The van der Waals surface area contributed by atoms with E-state index in [2.05, 4.69) is 5.32 Å². The first-order chi connectivity index (χ1) is 23.8. The van der Waals surface area contributed by atoms with Crippen molar-refractivity contribution in [1.82, 2.24) is 15.1 Å². The van der Waals surface area contributed by atoms with Crippen LogP contribution >= 0.6 is 0 Å². The van der Waals surface area contributed by atoms with E-state index in [1.165, 1.54) is 28.0 Å². The standard InChI is InChI=1S/C42H49FN4O3/c1-30(29-42(2,3)44)26-39(48)46(4)38(28-32-16-20-35(21-17-32)34-14-10-7-11-15-34)41(50)47(5)37(27-33-18-22-36(43)23-19-33)40(49)45-25-24-31-12-8-6-9-13-31/h6-23,26,37-38H,24-25,27-29,44H2,1-5H3,(H,45,49)/b30-26+/t37-,38-/m1/s1. The Kier molecular flexibility index (Phi) is 13.2. The van der Waals surface area contributed by atoms with E-state index in [0.717, 1.165) is 27.8 Å². The lowest BCUT2D eigenvalue weighted by atomic mass is 9.96. The molecule has 0 aliphatic carbocycles. The van der Waals surface area contributed by atoms with Gasteiger partial charge in [-0.3, -0.25) is 14.4 Å². The molecule has 0 saturated carbocycles. The van der Waals surface area contributed by atoms with Crippen LogP contribution < -0.4 is 11.1 Å². The maximum absolute atomic E-state index is 14.5. The molecule has 0 aliphatic heterocycles. The number of halogens is 1. The number of hydrogen-bond donors (Lipinski definition) is 2. The van der Waals surface area contributed by atoms with E-state index in [4.69, 9.17) is 5.73 Å². The van der Waals surface area contributed by atoms with Crippen LogP contribution in [0.25, 0.3) is 11.1 Å². The SMILES string of the molecule is C/C(=C\C(=O)N(C)[C@H](Cc1ccc(-c2ccccc2)cc1)C(=O)N(C)[C@H](Cc1ccc(F)cc1)C(=O)NCCc1ccccc1)CC(C)(C)N. The Morgan fingerprint density at radius 2 is 1.26 bits per heavy atom. The summed E-state index contributed by atoms with van der Waals surface area (Å²) in [5, 5.41) is 3.00. The van der Waals surface area contributed by atoms with Crippen LogP contribution in [-0.2, 0) is 33.6 Å². The zero-order chi connectivity index (χ0) is 36.3. The molecule has 0 spiro atoms. The zero-order valence-electron chi connectivity index (χ0n) is 29.7. The molecule has 0 radical (unpaired) electrons.